The van der Waals surface area contributed by atoms with Crippen LogP contribution in [0.15, 0.2) is 29.2 Å². The first kappa shape index (κ1) is 12.1. The Kier molecular flexibility index (Phi) is 2.73. The van der Waals surface area contributed by atoms with Crippen LogP contribution in [-0.4, -0.2) is 24.1 Å². The lowest BCUT2D eigenvalue weighted by Crippen LogP contribution is -2.50. The molecule has 0 atom stereocenters. The summed E-state index contributed by atoms with van der Waals surface area (Å²) in [6.07, 6.45) is 1.50. The van der Waals surface area contributed by atoms with E-state index in [9.17, 15) is 18.3 Å². The number of aromatic hydroxyl groups is 1. The lowest BCUT2D eigenvalue weighted by molar-refractivity contribution is -0.121. The SMILES string of the molecule is CC(=O)C1(S(=O)(=O)c2cccc(O)c2)CCC1. The van der Waals surface area contributed by atoms with Gasteiger partial charge in [0.1, 0.15) is 10.5 Å². The molecule has 0 spiro atoms. The minimum absolute atomic E-state index is 0.0207. The number of hydrogen-bond acceptors (Lipinski definition) is 4. The van der Waals surface area contributed by atoms with E-state index < -0.39 is 14.6 Å². The largest absolute Gasteiger partial charge is 0.508 e. The molecule has 1 aliphatic rings. The highest BCUT2D eigenvalue weighted by atomic mass is 32.2. The lowest BCUT2D eigenvalue weighted by Gasteiger charge is -2.38. The second-order valence-corrected chi connectivity index (χ2v) is 6.66. The standard InChI is InChI=1S/C12H14O4S/c1-9(13)12(6-3-7-12)17(15,16)11-5-2-4-10(14)8-11/h2,4-5,8,14H,3,6-7H2,1H3. The Bertz CT molecular complexity index is 556. The van der Waals surface area contributed by atoms with Crippen molar-refractivity contribution in [3.8, 4) is 5.75 Å². The maximum Gasteiger partial charge on any atom is 0.191 e. The van der Waals surface area contributed by atoms with Crippen molar-refractivity contribution in [2.45, 2.75) is 35.8 Å². The van der Waals surface area contributed by atoms with Crippen LogP contribution >= 0.6 is 0 Å². The summed E-state index contributed by atoms with van der Waals surface area (Å²) >= 11 is 0. The van der Waals surface area contributed by atoms with Gasteiger partial charge in [-0.25, -0.2) is 8.42 Å². The first-order valence-electron chi connectivity index (χ1n) is 5.45. The summed E-state index contributed by atoms with van der Waals surface area (Å²) in [7, 11) is -3.70. The molecule has 0 heterocycles. The van der Waals surface area contributed by atoms with E-state index in [1.165, 1.54) is 31.2 Å². The van der Waals surface area contributed by atoms with E-state index in [-0.39, 0.29) is 16.4 Å². The van der Waals surface area contributed by atoms with Crippen molar-refractivity contribution in [2.24, 2.45) is 0 Å². The molecule has 17 heavy (non-hydrogen) atoms. The minimum atomic E-state index is -3.70. The summed E-state index contributed by atoms with van der Waals surface area (Å²) in [4.78, 5) is 11.6. The summed E-state index contributed by atoms with van der Waals surface area (Å²) in [5.41, 5.74) is 0. The average molecular weight is 254 g/mol. The van der Waals surface area contributed by atoms with Crippen LogP contribution in [0.25, 0.3) is 0 Å². The fraction of sp³-hybridized carbons (Fsp3) is 0.417. The third-order valence-corrected chi connectivity index (χ3v) is 6.04. The van der Waals surface area contributed by atoms with Gasteiger partial charge in [-0.1, -0.05) is 6.07 Å². The highest BCUT2D eigenvalue weighted by Crippen LogP contribution is 2.43. The average Bonchev–Trinajstić information content (AvgIpc) is 2.14. The molecule has 0 amide bonds. The van der Waals surface area contributed by atoms with Crippen molar-refractivity contribution in [2.75, 3.05) is 0 Å². The number of Topliss-reactive ketones (excluding diaryl/α,β-unsaturated/α-hetero) is 1. The second-order valence-electron chi connectivity index (χ2n) is 4.40. The molecule has 1 aromatic carbocycles. The van der Waals surface area contributed by atoms with Crippen molar-refractivity contribution in [1.29, 1.82) is 0 Å². The Morgan fingerprint density at radius 1 is 1.35 bits per heavy atom. The van der Waals surface area contributed by atoms with Gasteiger partial charge < -0.3 is 5.11 Å². The van der Waals surface area contributed by atoms with Crippen LogP contribution in [0, 0.1) is 0 Å². The number of hydrogen-bond donors (Lipinski definition) is 1. The number of rotatable bonds is 3. The van der Waals surface area contributed by atoms with Crippen LogP contribution in [0.5, 0.6) is 5.75 Å². The molecule has 1 fully saturated rings. The van der Waals surface area contributed by atoms with Gasteiger partial charge in [-0.05, 0) is 44.4 Å². The zero-order valence-corrected chi connectivity index (χ0v) is 10.3. The molecular weight excluding hydrogens is 240 g/mol. The van der Waals surface area contributed by atoms with Gasteiger partial charge in [-0.2, -0.15) is 0 Å². The van der Waals surface area contributed by atoms with Crippen LogP contribution in [0.3, 0.4) is 0 Å². The van der Waals surface area contributed by atoms with Crippen molar-refractivity contribution < 1.29 is 18.3 Å². The first-order chi connectivity index (χ1) is 7.90. The van der Waals surface area contributed by atoms with Gasteiger partial charge in [0.2, 0.25) is 0 Å². The number of ketones is 1. The van der Waals surface area contributed by atoms with Crippen molar-refractivity contribution >= 4 is 15.6 Å². The third kappa shape index (κ3) is 1.65. The molecule has 2 rings (SSSR count). The smallest absolute Gasteiger partial charge is 0.191 e. The monoisotopic (exact) mass is 254 g/mol. The number of carbonyl (C=O) groups excluding carboxylic acids is 1. The molecule has 0 aromatic heterocycles. The molecule has 1 aliphatic carbocycles. The quantitative estimate of drug-likeness (QED) is 0.890. The maximum atomic E-state index is 12.4. The number of carbonyl (C=O) groups is 1. The lowest BCUT2D eigenvalue weighted by atomic mass is 9.81. The molecule has 0 radical (unpaired) electrons. The Labute approximate surface area is 100 Å². The van der Waals surface area contributed by atoms with Gasteiger partial charge in [0.25, 0.3) is 0 Å². The van der Waals surface area contributed by atoms with Crippen molar-refractivity contribution in [1.82, 2.24) is 0 Å². The highest BCUT2D eigenvalue weighted by Gasteiger charge is 2.53. The Hall–Kier alpha value is -1.36. The van der Waals surface area contributed by atoms with Crippen LogP contribution < -0.4 is 0 Å². The molecular formula is C12H14O4S. The van der Waals surface area contributed by atoms with E-state index >= 15 is 0 Å². The number of phenolic OH excluding ortho intramolecular Hbond substituents is 1. The van der Waals surface area contributed by atoms with Crippen molar-refractivity contribution in [3.63, 3.8) is 0 Å². The predicted molar refractivity (Wildman–Crippen MR) is 62.6 cm³/mol. The van der Waals surface area contributed by atoms with Gasteiger partial charge in [0.05, 0.1) is 4.90 Å². The van der Waals surface area contributed by atoms with Gasteiger partial charge in [-0.15, -0.1) is 0 Å². The predicted octanol–water partition coefficient (Wildman–Crippen LogP) is 1.68. The van der Waals surface area contributed by atoms with Gasteiger partial charge in [0.15, 0.2) is 15.6 Å². The first-order valence-corrected chi connectivity index (χ1v) is 6.93. The summed E-state index contributed by atoms with van der Waals surface area (Å²) < 4.78 is 23.5. The molecule has 0 aliphatic heterocycles. The summed E-state index contributed by atoms with van der Waals surface area (Å²) in [6.45, 7) is 1.32. The molecule has 0 saturated heterocycles. The van der Waals surface area contributed by atoms with E-state index in [4.69, 9.17) is 0 Å². The Morgan fingerprint density at radius 2 is 2.00 bits per heavy atom. The van der Waals surface area contributed by atoms with E-state index in [0.717, 1.165) is 6.42 Å². The summed E-state index contributed by atoms with van der Waals surface area (Å²) in [6, 6.07) is 5.48. The minimum Gasteiger partial charge on any atom is -0.508 e. The zero-order valence-electron chi connectivity index (χ0n) is 9.51. The number of benzene rings is 1. The highest BCUT2D eigenvalue weighted by molar-refractivity contribution is 7.93. The molecule has 0 bridgehead atoms. The molecule has 4 nitrogen and oxygen atoms in total. The Balaban J connectivity index is 2.54. The zero-order chi connectivity index (χ0) is 12.7. The third-order valence-electron chi connectivity index (χ3n) is 3.45. The number of phenols is 1. The normalized spacial score (nSPS) is 18.4. The second kappa shape index (κ2) is 3.84. The van der Waals surface area contributed by atoms with Crippen molar-refractivity contribution in [3.05, 3.63) is 24.3 Å². The van der Waals surface area contributed by atoms with E-state index in [1.807, 2.05) is 0 Å². The van der Waals surface area contributed by atoms with Gasteiger partial charge in [-0.3, -0.25) is 4.79 Å². The fourth-order valence-electron chi connectivity index (χ4n) is 2.18. The molecule has 1 N–H and O–H groups in total. The van der Waals surface area contributed by atoms with Crippen LogP contribution in [-0.2, 0) is 14.6 Å². The summed E-state index contributed by atoms with van der Waals surface area (Å²) in [5, 5.41) is 9.32. The molecule has 92 valence electrons. The number of sulfone groups is 1. The van der Waals surface area contributed by atoms with E-state index in [0.29, 0.717) is 12.8 Å². The topological polar surface area (TPSA) is 71.4 Å². The van der Waals surface area contributed by atoms with Gasteiger partial charge in [0, 0.05) is 0 Å². The molecule has 0 unspecified atom stereocenters. The fourth-order valence-corrected chi connectivity index (χ4v) is 4.37. The molecule has 1 aromatic rings. The van der Waals surface area contributed by atoms with Gasteiger partial charge >= 0.3 is 0 Å². The van der Waals surface area contributed by atoms with Crippen LogP contribution in [0.1, 0.15) is 26.2 Å². The van der Waals surface area contributed by atoms with E-state index in [1.54, 1.807) is 0 Å². The Morgan fingerprint density at radius 3 is 2.41 bits per heavy atom. The molecule has 1 saturated carbocycles. The van der Waals surface area contributed by atoms with Crippen LogP contribution in [0.4, 0.5) is 0 Å². The van der Waals surface area contributed by atoms with E-state index in [2.05, 4.69) is 0 Å². The molecule has 5 heteroatoms. The summed E-state index contributed by atoms with van der Waals surface area (Å²) in [5.74, 6) is -0.420. The maximum absolute atomic E-state index is 12.4. The van der Waals surface area contributed by atoms with Crippen LogP contribution in [0.2, 0.25) is 0 Å².